The van der Waals surface area contributed by atoms with Gasteiger partial charge in [0.05, 0.1) is 25.4 Å². The maximum absolute atomic E-state index is 9.83. The second-order valence-electron chi connectivity index (χ2n) is 5.04. The fourth-order valence-electron chi connectivity index (χ4n) is 1.78. The Morgan fingerprint density at radius 1 is 1.18 bits per heavy atom. The third-order valence-electron chi connectivity index (χ3n) is 3.08. The lowest BCUT2D eigenvalue weighted by Gasteiger charge is -2.28. The van der Waals surface area contributed by atoms with Gasteiger partial charge >= 0.3 is 0 Å². The first-order valence-corrected chi connectivity index (χ1v) is 6.46. The van der Waals surface area contributed by atoms with E-state index in [0.29, 0.717) is 19.6 Å². The van der Waals surface area contributed by atoms with E-state index in [-0.39, 0.29) is 18.1 Å². The van der Waals surface area contributed by atoms with Crippen molar-refractivity contribution < 1.29 is 14.9 Å². The molecular formula is C12H26N2O3. The molecule has 0 saturated carbocycles. The second kappa shape index (κ2) is 8.00. The quantitative estimate of drug-likeness (QED) is 0.554. The number of nitrogens with zero attached hydrogens (tertiary/aromatic N) is 1. The van der Waals surface area contributed by atoms with Crippen LogP contribution in [0.2, 0.25) is 0 Å². The molecule has 1 aliphatic heterocycles. The van der Waals surface area contributed by atoms with Crippen LogP contribution in [0.4, 0.5) is 0 Å². The Labute approximate surface area is 104 Å². The number of nitrogens with one attached hydrogen (secondary N) is 1. The first kappa shape index (κ1) is 14.9. The summed E-state index contributed by atoms with van der Waals surface area (Å²) in [5.74, 6) is 0.249. The van der Waals surface area contributed by atoms with E-state index in [4.69, 9.17) is 4.74 Å². The second-order valence-corrected chi connectivity index (χ2v) is 5.04. The summed E-state index contributed by atoms with van der Waals surface area (Å²) < 4.78 is 5.25. The van der Waals surface area contributed by atoms with Crippen molar-refractivity contribution in [1.29, 1.82) is 0 Å². The molecule has 17 heavy (non-hydrogen) atoms. The topological polar surface area (TPSA) is 65.0 Å². The average Bonchev–Trinajstić information content (AvgIpc) is 2.30. The highest BCUT2D eigenvalue weighted by Crippen LogP contribution is 2.00. The molecule has 0 aliphatic carbocycles. The Morgan fingerprint density at radius 3 is 2.41 bits per heavy atom. The highest BCUT2D eigenvalue weighted by Gasteiger charge is 2.15. The van der Waals surface area contributed by atoms with Crippen LogP contribution in [0, 0.1) is 5.92 Å². The molecule has 102 valence electrons. The number of aliphatic hydroxyl groups excluding tert-OH is 2. The van der Waals surface area contributed by atoms with Crippen LogP contribution in [-0.2, 0) is 4.74 Å². The van der Waals surface area contributed by atoms with Gasteiger partial charge in [-0.2, -0.15) is 0 Å². The van der Waals surface area contributed by atoms with Crippen molar-refractivity contribution in [3.8, 4) is 0 Å². The Hall–Kier alpha value is -0.200. The third kappa shape index (κ3) is 6.33. The minimum atomic E-state index is -0.382. The molecule has 0 radical (unpaired) electrons. The molecule has 5 heteroatoms. The highest BCUT2D eigenvalue weighted by atomic mass is 16.5. The van der Waals surface area contributed by atoms with Crippen LogP contribution in [0.25, 0.3) is 0 Å². The van der Waals surface area contributed by atoms with Gasteiger partial charge in [-0.15, -0.1) is 0 Å². The van der Waals surface area contributed by atoms with Crippen LogP contribution in [0.3, 0.4) is 0 Å². The Balaban J connectivity index is 2.06. The monoisotopic (exact) mass is 246 g/mol. The lowest BCUT2D eigenvalue weighted by molar-refractivity contribution is 0.0141. The molecule has 0 aromatic heterocycles. The van der Waals surface area contributed by atoms with Gasteiger partial charge in [0.2, 0.25) is 0 Å². The van der Waals surface area contributed by atoms with E-state index in [1.165, 1.54) is 0 Å². The molecule has 5 nitrogen and oxygen atoms in total. The number of morpholine rings is 1. The standard InChI is InChI=1S/C12H26N2O3/c1-10(2)12(16)8-13-7-11(15)9-14-3-5-17-6-4-14/h10-13,15-16H,3-9H2,1-2H3. The molecule has 0 amide bonds. The first-order valence-electron chi connectivity index (χ1n) is 6.46. The molecule has 1 saturated heterocycles. The van der Waals surface area contributed by atoms with Crippen LogP contribution < -0.4 is 5.32 Å². The van der Waals surface area contributed by atoms with Crippen molar-refractivity contribution in [1.82, 2.24) is 10.2 Å². The number of rotatable bonds is 7. The van der Waals surface area contributed by atoms with E-state index in [1.54, 1.807) is 0 Å². The van der Waals surface area contributed by atoms with Crippen LogP contribution in [0.5, 0.6) is 0 Å². The summed E-state index contributed by atoms with van der Waals surface area (Å²) in [7, 11) is 0. The predicted molar refractivity (Wildman–Crippen MR) is 67.0 cm³/mol. The summed E-state index contributed by atoms with van der Waals surface area (Å²) in [4.78, 5) is 2.20. The number of ether oxygens (including phenoxy) is 1. The number of β-amino-alcohol motifs (C(OH)–C–C–N with tert-alkyl or cyclic N) is 1. The maximum atomic E-state index is 9.83. The summed E-state index contributed by atoms with van der Waals surface area (Å²) in [6.45, 7) is 9.01. The van der Waals surface area contributed by atoms with Gasteiger partial charge in [-0.1, -0.05) is 13.8 Å². The molecule has 1 aliphatic rings. The fourth-order valence-corrected chi connectivity index (χ4v) is 1.78. The number of hydrogen-bond acceptors (Lipinski definition) is 5. The maximum Gasteiger partial charge on any atom is 0.0791 e. The van der Waals surface area contributed by atoms with Gasteiger partial charge in [-0.25, -0.2) is 0 Å². The molecule has 0 aromatic carbocycles. The summed E-state index contributed by atoms with van der Waals surface area (Å²) in [5.41, 5.74) is 0. The highest BCUT2D eigenvalue weighted by molar-refractivity contribution is 4.71. The minimum Gasteiger partial charge on any atom is -0.392 e. The lowest BCUT2D eigenvalue weighted by atomic mass is 10.1. The van der Waals surface area contributed by atoms with E-state index in [2.05, 4.69) is 10.2 Å². The SMILES string of the molecule is CC(C)C(O)CNCC(O)CN1CCOCC1. The molecule has 1 rings (SSSR count). The van der Waals surface area contributed by atoms with Crippen molar-refractivity contribution >= 4 is 0 Å². The zero-order valence-electron chi connectivity index (χ0n) is 10.9. The average molecular weight is 246 g/mol. The zero-order chi connectivity index (χ0) is 12.7. The van der Waals surface area contributed by atoms with Crippen molar-refractivity contribution in [3.05, 3.63) is 0 Å². The van der Waals surface area contributed by atoms with Crippen molar-refractivity contribution in [2.45, 2.75) is 26.1 Å². The summed E-state index contributed by atoms with van der Waals surface area (Å²) in [6, 6.07) is 0. The van der Waals surface area contributed by atoms with Crippen molar-refractivity contribution in [3.63, 3.8) is 0 Å². The smallest absolute Gasteiger partial charge is 0.0791 e. The predicted octanol–water partition coefficient (Wildman–Crippen LogP) is -0.714. The van der Waals surface area contributed by atoms with E-state index < -0.39 is 0 Å². The summed E-state index contributed by atoms with van der Waals surface area (Å²) in [6.07, 6.45) is -0.724. The van der Waals surface area contributed by atoms with Gasteiger partial charge in [0.15, 0.2) is 0 Å². The van der Waals surface area contributed by atoms with Gasteiger partial charge in [0, 0.05) is 32.7 Å². The Kier molecular flexibility index (Phi) is 6.99. The van der Waals surface area contributed by atoms with Gasteiger partial charge in [-0.3, -0.25) is 4.90 Å². The van der Waals surface area contributed by atoms with Gasteiger partial charge < -0.3 is 20.3 Å². The zero-order valence-corrected chi connectivity index (χ0v) is 10.9. The normalized spacial score (nSPS) is 21.7. The number of hydrogen-bond donors (Lipinski definition) is 3. The van der Waals surface area contributed by atoms with Crippen molar-refractivity contribution in [2.75, 3.05) is 45.9 Å². The van der Waals surface area contributed by atoms with E-state index in [9.17, 15) is 10.2 Å². The fraction of sp³-hybridized carbons (Fsp3) is 1.00. The summed E-state index contributed by atoms with van der Waals surface area (Å²) in [5, 5.41) is 22.5. The van der Waals surface area contributed by atoms with E-state index in [1.807, 2.05) is 13.8 Å². The van der Waals surface area contributed by atoms with Crippen molar-refractivity contribution in [2.24, 2.45) is 5.92 Å². The van der Waals surface area contributed by atoms with Crippen LogP contribution in [0.15, 0.2) is 0 Å². The molecule has 2 atom stereocenters. The van der Waals surface area contributed by atoms with Gasteiger partial charge in [0.25, 0.3) is 0 Å². The molecule has 1 heterocycles. The molecule has 0 bridgehead atoms. The largest absolute Gasteiger partial charge is 0.392 e. The lowest BCUT2D eigenvalue weighted by Crippen LogP contribution is -2.44. The Bertz CT molecular complexity index is 196. The van der Waals surface area contributed by atoms with Crippen LogP contribution in [-0.4, -0.2) is 73.3 Å². The molecule has 3 N–H and O–H groups in total. The molecule has 0 aromatic rings. The molecule has 2 unspecified atom stereocenters. The van der Waals surface area contributed by atoms with E-state index in [0.717, 1.165) is 26.3 Å². The Morgan fingerprint density at radius 2 is 1.82 bits per heavy atom. The first-order chi connectivity index (χ1) is 8.09. The van der Waals surface area contributed by atoms with Gasteiger partial charge in [-0.05, 0) is 5.92 Å². The number of aliphatic hydroxyl groups is 2. The van der Waals surface area contributed by atoms with E-state index >= 15 is 0 Å². The summed E-state index contributed by atoms with van der Waals surface area (Å²) >= 11 is 0. The molecule has 1 fully saturated rings. The molecule has 0 spiro atoms. The minimum absolute atomic E-state index is 0.249. The van der Waals surface area contributed by atoms with Crippen LogP contribution in [0.1, 0.15) is 13.8 Å². The molecular weight excluding hydrogens is 220 g/mol. The third-order valence-corrected chi connectivity index (χ3v) is 3.08. The van der Waals surface area contributed by atoms with Gasteiger partial charge in [0.1, 0.15) is 0 Å². The van der Waals surface area contributed by atoms with Crippen LogP contribution >= 0.6 is 0 Å².